The van der Waals surface area contributed by atoms with E-state index in [9.17, 15) is 20.3 Å². The molecule has 9 heteroatoms. The molecule has 0 fully saturated rings. The van der Waals surface area contributed by atoms with Crippen molar-refractivity contribution >= 4 is 17.3 Å². The molecule has 112 valence electrons. The number of aromatic nitrogens is 2. The van der Waals surface area contributed by atoms with Crippen LogP contribution in [0.15, 0.2) is 6.33 Å². The summed E-state index contributed by atoms with van der Waals surface area (Å²) >= 11 is 0. The molecule has 0 unspecified atom stereocenters. The number of nitrogens with one attached hydrogen (secondary N) is 2. The zero-order chi connectivity index (χ0) is 15.2. The summed E-state index contributed by atoms with van der Waals surface area (Å²) in [6.45, 7) is 3.19. The molecule has 1 rings (SSSR count). The third-order valence-electron chi connectivity index (χ3n) is 2.67. The lowest BCUT2D eigenvalue weighted by Crippen LogP contribution is -2.43. The number of aliphatic hydroxyl groups is 2. The summed E-state index contributed by atoms with van der Waals surface area (Å²) in [6, 6.07) is 0. The maximum Gasteiger partial charge on any atom is 0.353 e. The fourth-order valence-corrected chi connectivity index (χ4v) is 1.43. The molecule has 0 atom stereocenters. The van der Waals surface area contributed by atoms with Crippen molar-refractivity contribution in [2.75, 3.05) is 30.4 Å². The molecule has 0 amide bonds. The molecule has 4 N–H and O–H groups in total. The van der Waals surface area contributed by atoms with Crippen LogP contribution in [0.4, 0.5) is 17.3 Å². The molecule has 9 nitrogen and oxygen atoms in total. The van der Waals surface area contributed by atoms with Gasteiger partial charge in [-0.3, -0.25) is 10.1 Å². The van der Waals surface area contributed by atoms with Crippen LogP contribution < -0.4 is 10.6 Å². The third-order valence-corrected chi connectivity index (χ3v) is 2.67. The van der Waals surface area contributed by atoms with Crippen molar-refractivity contribution < 1.29 is 15.1 Å². The second-order valence-electron chi connectivity index (χ2n) is 4.61. The van der Waals surface area contributed by atoms with Crippen molar-refractivity contribution in [1.29, 1.82) is 0 Å². The van der Waals surface area contributed by atoms with Crippen LogP contribution in [0, 0.1) is 10.1 Å². The van der Waals surface area contributed by atoms with E-state index < -0.39 is 23.7 Å². The van der Waals surface area contributed by atoms with Crippen molar-refractivity contribution in [2.45, 2.75) is 25.8 Å². The zero-order valence-electron chi connectivity index (χ0n) is 11.5. The van der Waals surface area contributed by atoms with Gasteiger partial charge in [-0.05, 0) is 13.3 Å². The summed E-state index contributed by atoms with van der Waals surface area (Å²) in [6.07, 6.45) is 1.97. The summed E-state index contributed by atoms with van der Waals surface area (Å²) in [7, 11) is 0. The van der Waals surface area contributed by atoms with Crippen LogP contribution in [0.5, 0.6) is 0 Å². The minimum atomic E-state index is -1.11. The van der Waals surface area contributed by atoms with Crippen LogP contribution in [0.1, 0.15) is 20.3 Å². The van der Waals surface area contributed by atoms with Crippen molar-refractivity contribution in [3.8, 4) is 0 Å². The van der Waals surface area contributed by atoms with Crippen LogP contribution in [0.3, 0.4) is 0 Å². The normalized spacial score (nSPS) is 11.2. The predicted octanol–water partition coefficient (Wildman–Crippen LogP) is 0.362. The second kappa shape index (κ2) is 6.96. The summed E-state index contributed by atoms with van der Waals surface area (Å²) in [5.74, 6) is 0.0572. The smallest absolute Gasteiger partial charge is 0.353 e. The molecule has 1 aromatic heterocycles. The highest BCUT2D eigenvalue weighted by Crippen LogP contribution is 2.30. The Labute approximate surface area is 116 Å². The summed E-state index contributed by atoms with van der Waals surface area (Å²) in [5, 5.41) is 35.2. The van der Waals surface area contributed by atoms with Crippen LogP contribution in [0.2, 0.25) is 0 Å². The van der Waals surface area contributed by atoms with Gasteiger partial charge in [0.1, 0.15) is 6.33 Å². The van der Waals surface area contributed by atoms with Gasteiger partial charge in [-0.2, -0.15) is 0 Å². The molecule has 0 spiro atoms. The molecular formula is C11H19N5O4. The maximum absolute atomic E-state index is 11.2. The highest BCUT2D eigenvalue weighted by Gasteiger charge is 2.29. The molecule has 0 radical (unpaired) electrons. The molecule has 0 aromatic carbocycles. The minimum absolute atomic E-state index is 0.0470. The Morgan fingerprint density at radius 1 is 1.35 bits per heavy atom. The Kier molecular flexibility index (Phi) is 5.59. The van der Waals surface area contributed by atoms with E-state index in [2.05, 4.69) is 20.6 Å². The first-order valence-corrected chi connectivity index (χ1v) is 6.20. The Morgan fingerprint density at radius 2 is 1.95 bits per heavy atom. The summed E-state index contributed by atoms with van der Waals surface area (Å²) in [4.78, 5) is 18.3. The molecule has 0 aliphatic heterocycles. The molecule has 1 aromatic rings. The first-order chi connectivity index (χ1) is 9.47. The fourth-order valence-electron chi connectivity index (χ4n) is 1.43. The molecule has 0 saturated carbocycles. The van der Waals surface area contributed by atoms with Gasteiger partial charge in [0.2, 0.25) is 11.6 Å². The third kappa shape index (κ3) is 3.75. The van der Waals surface area contributed by atoms with Crippen LogP contribution in [0.25, 0.3) is 0 Å². The molecule has 0 aliphatic carbocycles. The van der Waals surface area contributed by atoms with E-state index in [0.29, 0.717) is 6.54 Å². The van der Waals surface area contributed by atoms with Crippen molar-refractivity contribution in [2.24, 2.45) is 0 Å². The molecule has 0 saturated heterocycles. The second-order valence-corrected chi connectivity index (χ2v) is 4.61. The Balaban J connectivity index is 3.15. The molecule has 0 aliphatic rings. The van der Waals surface area contributed by atoms with Gasteiger partial charge in [0, 0.05) is 6.54 Å². The van der Waals surface area contributed by atoms with Gasteiger partial charge in [0.25, 0.3) is 0 Å². The average Bonchev–Trinajstić information content (AvgIpc) is 2.44. The van der Waals surface area contributed by atoms with Crippen molar-refractivity contribution in [3.05, 3.63) is 16.4 Å². The number of nitro groups is 1. The van der Waals surface area contributed by atoms with Gasteiger partial charge in [-0.1, -0.05) is 6.92 Å². The highest BCUT2D eigenvalue weighted by atomic mass is 16.6. The van der Waals surface area contributed by atoms with E-state index in [1.165, 1.54) is 13.3 Å². The van der Waals surface area contributed by atoms with E-state index in [4.69, 9.17) is 0 Å². The fraction of sp³-hybridized carbons (Fsp3) is 0.636. The highest BCUT2D eigenvalue weighted by molar-refractivity contribution is 5.69. The first kappa shape index (κ1) is 16.1. The SMILES string of the molecule is CCCNc1ncnc(NC(C)(CO)CO)c1[N+](=O)[O-]. The standard InChI is InChI=1S/C11H19N5O4/c1-3-4-12-9-8(16(19)20)10(14-7-13-9)15-11(2,5-17)6-18/h7,17-18H,3-6H2,1-2H3,(H2,12,13,14,15). The van der Waals surface area contributed by atoms with Crippen LogP contribution in [-0.4, -0.2) is 50.4 Å². The largest absolute Gasteiger partial charge is 0.394 e. The Bertz CT molecular complexity index is 464. The first-order valence-electron chi connectivity index (χ1n) is 6.20. The van der Waals surface area contributed by atoms with Crippen molar-refractivity contribution in [1.82, 2.24) is 9.97 Å². The molecule has 0 bridgehead atoms. The molecule has 1 heterocycles. The lowest BCUT2D eigenvalue weighted by molar-refractivity contribution is -0.383. The topological polar surface area (TPSA) is 133 Å². The molecular weight excluding hydrogens is 266 g/mol. The number of anilines is 2. The molecule has 20 heavy (non-hydrogen) atoms. The summed E-state index contributed by atoms with van der Waals surface area (Å²) < 4.78 is 0. The average molecular weight is 285 g/mol. The number of hydrogen-bond acceptors (Lipinski definition) is 8. The quantitative estimate of drug-likeness (QED) is 0.397. The van der Waals surface area contributed by atoms with Gasteiger partial charge >= 0.3 is 5.69 Å². The Hall–Kier alpha value is -2.00. The number of nitrogens with zero attached hydrogens (tertiary/aromatic N) is 3. The van der Waals surface area contributed by atoms with Crippen LogP contribution >= 0.6 is 0 Å². The maximum atomic E-state index is 11.2. The van der Waals surface area contributed by atoms with E-state index in [1.54, 1.807) is 0 Å². The van der Waals surface area contributed by atoms with E-state index in [-0.39, 0.29) is 17.3 Å². The number of hydrogen-bond donors (Lipinski definition) is 4. The number of rotatable bonds is 8. The Morgan fingerprint density at radius 3 is 2.45 bits per heavy atom. The minimum Gasteiger partial charge on any atom is -0.394 e. The lowest BCUT2D eigenvalue weighted by Gasteiger charge is -2.26. The van der Waals surface area contributed by atoms with E-state index in [1.807, 2.05) is 6.92 Å². The van der Waals surface area contributed by atoms with Gasteiger partial charge in [-0.15, -0.1) is 0 Å². The summed E-state index contributed by atoms with van der Waals surface area (Å²) in [5.41, 5.74) is -1.42. The van der Waals surface area contributed by atoms with Gasteiger partial charge < -0.3 is 20.8 Å². The number of aliphatic hydroxyl groups excluding tert-OH is 2. The van der Waals surface area contributed by atoms with E-state index >= 15 is 0 Å². The predicted molar refractivity (Wildman–Crippen MR) is 73.7 cm³/mol. The monoisotopic (exact) mass is 285 g/mol. The van der Waals surface area contributed by atoms with Gasteiger partial charge in [0.15, 0.2) is 0 Å². The van der Waals surface area contributed by atoms with Gasteiger partial charge in [0.05, 0.1) is 23.7 Å². The van der Waals surface area contributed by atoms with Gasteiger partial charge in [-0.25, -0.2) is 9.97 Å². The zero-order valence-corrected chi connectivity index (χ0v) is 11.5. The van der Waals surface area contributed by atoms with E-state index in [0.717, 1.165) is 6.42 Å². The lowest BCUT2D eigenvalue weighted by atomic mass is 10.1. The van der Waals surface area contributed by atoms with Crippen LogP contribution in [-0.2, 0) is 0 Å². The van der Waals surface area contributed by atoms with Crippen molar-refractivity contribution in [3.63, 3.8) is 0 Å².